The highest BCUT2D eigenvalue weighted by atomic mass is 35.5. The molecule has 1 N–H and O–H groups in total. The molecule has 2 aromatic carbocycles. The van der Waals surface area contributed by atoms with Crippen LogP contribution in [0.4, 0.5) is 11.4 Å². The maximum atomic E-state index is 13.2. The maximum absolute atomic E-state index is 13.2. The molecule has 0 spiro atoms. The third kappa shape index (κ3) is 4.50. The van der Waals surface area contributed by atoms with E-state index in [2.05, 4.69) is 12.2 Å². The lowest BCUT2D eigenvalue weighted by atomic mass is 9.99. The molecule has 6 nitrogen and oxygen atoms in total. The Hall–Kier alpha value is -2.83. The van der Waals surface area contributed by atoms with Gasteiger partial charge in [0.2, 0.25) is 0 Å². The van der Waals surface area contributed by atoms with Gasteiger partial charge in [-0.15, -0.1) is 0 Å². The Balaban J connectivity index is 1.56. The third-order valence-electron chi connectivity index (χ3n) is 6.18. The Bertz CT molecular complexity index is 1160. The van der Waals surface area contributed by atoms with Gasteiger partial charge < -0.3 is 10.2 Å². The van der Waals surface area contributed by atoms with Crippen molar-refractivity contribution in [3.63, 3.8) is 0 Å². The number of piperidine rings is 1. The molecule has 172 valence electrons. The van der Waals surface area contributed by atoms with E-state index in [-0.39, 0.29) is 22.7 Å². The molecule has 8 heteroatoms. The Morgan fingerprint density at radius 2 is 1.88 bits per heavy atom. The monoisotopic (exact) mass is 485 g/mol. The summed E-state index contributed by atoms with van der Waals surface area (Å²) in [5.74, 6) is -1.24. The molecule has 4 rings (SSSR count). The van der Waals surface area contributed by atoms with E-state index in [9.17, 15) is 14.4 Å². The van der Waals surface area contributed by atoms with Crippen molar-refractivity contribution >= 4 is 52.3 Å². The lowest BCUT2D eigenvalue weighted by Gasteiger charge is -2.35. The van der Waals surface area contributed by atoms with Crippen molar-refractivity contribution in [3.8, 4) is 0 Å². The number of amides is 3. The summed E-state index contributed by atoms with van der Waals surface area (Å²) in [6.45, 7) is 4.67. The third-order valence-corrected chi connectivity index (χ3v) is 6.94. The van der Waals surface area contributed by atoms with Crippen LogP contribution < -0.4 is 10.2 Å². The molecule has 2 aliphatic rings. The lowest BCUT2D eigenvalue weighted by Crippen LogP contribution is -2.43. The SMILES string of the molecule is CCC1CCCCN1C(=O)c1cccc(NC2=C(Cl)C(=O)N(c3ccc(C)c(Cl)c3)C2=O)c1. The number of anilines is 2. The van der Waals surface area contributed by atoms with Crippen LogP contribution in [-0.4, -0.2) is 35.2 Å². The smallest absolute Gasteiger partial charge is 0.283 e. The predicted molar refractivity (Wildman–Crippen MR) is 131 cm³/mol. The van der Waals surface area contributed by atoms with Gasteiger partial charge >= 0.3 is 0 Å². The Labute approximate surface area is 203 Å². The van der Waals surface area contributed by atoms with Crippen LogP contribution in [0.1, 0.15) is 48.5 Å². The van der Waals surface area contributed by atoms with E-state index < -0.39 is 11.8 Å². The van der Waals surface area contributed by atoms with Crippen molar-refractivity contribution in [2.24, 2.45) is 0 Å². The molecule has 2 aliphatic heterocycles. The first-order chi connectivity index (χ1) is 15.8. The van der Waals surface area contributed by atoms with E-state index in [1.807, 2.05) is 11.8 Å². The highest BCUT2D eigenvalue weighted by Crippen LogP contribution is 2.32. The molecule has 0 radical (unpaired) electrons. The van der Waals surface area contributed by atoms with Gasteiger partial charge in [0.25, 0.3) is 17.7 Å². The standard InChI is InChI=1S/C25H25Cl2N3O3/c1-3-18-9-4-5-12-29(18)23(31)16-7-6-8-17(13-16)28-22-21(27)24(32)30(25(22)33)19-11-10-15(2)20(26)14-19/h6-8,10-11,13-14,18,28H,3-5,9,12H2,1-2H3. The summed E-state index contributed by atoms with van der Waals surface area (Å²) in [6, 6.07) is 12.1. The van der Waals surface area contributed by atoms with Gasteiger partial charge in [-0.25, -0.2) is 4.90 Å². The Kier molecular flexibility index (Phi) is 6.77. The molecule has 0 bridgehead atoms. The minimum absolute atomic E-state index is 0.0324. The highest BCUT2D eigenvalue weighted by Gasteiger charge is 2.39. The molecule has 2 aromatic rings. The highest BCUT2D eigenvalue weighted by molar-refractivity contribution is 6.53. The van der Waals surface area contributed by atoms with Gasteiger partial charge in [-0.3, -0.25) is 14.4 Å². The predicted octanol–water partition coefficient (Wildman–Crippen LogP) is 5.49. The number of nitrogens with one attached hydrogen (secondary N) is 1. The summed E-state index contributed by atoms with van der Waals surface area (Å²) >= 11 is 12.4. The number of halogens is 2. The van der Waals surface area contributed by atoms with E-state index in [0.29, 0.717) is 22.0 Å². The van der Waals surface area contributed by atoms with Crippen LogP contribution in [0.25, 0.3) is 0 Å². The van der Waals surface area contributed by atoms with Crippen molar-refractivity contribution in [1.29, 1.82) is 0 Å². The number of rotatable bonds is 5. The molecule has 33 heavy (non-hydrogen) atoms. The van der Waals surface area contributed by atoms with Crippen molar-refractivity contribution in [2.75, 3.05) is 16.8 Å². The number of carbonyl (C=O) groups excluding carboxylic acids is 3. The molecule has 2 heterocycles. The number of likely N-dealkylation sites (tertiary alicyclic amines) is 1. The molecule has 1 fully saturated rings. The minimum Gasteiger partial charge on any atom is -0.350 e. The average Bonchev–Trinajstić information content (AvgIpc) is 3.03. The first-order valence-electron chi connectivity index (χ1n) is 11.0. The van der Waals surface area contributed by atoms with E-state index in [0.717, 1.165) is 42.7 Å². The molecule has 0 aliphatic carbocycles. The number of hydrogen-bond donors (Lipinski definition) is 1. The van der Waals surface area contributed by atoms with Crippen LogP contribution in [0.5, 0.6) is 0 Å². The first-order valence-corrected chi connectivity index (χ1v) is 11.8. The average molecular weight is 486 g/mol. The molecule has 1 unspecified atom stereocenters. The van der Waals surface area contributed by atoms with Crippen LogP contribution in [-0.2, 0) is 9.59 Å². The van der Waals surface area contributed by atoms with E-state index in [1.165, 1.54) is 0 Å². The van der Waals surface area contributed by atoms with Crippen LogP contribution >= 0.6 is 23.2 Å². The fraction of sp³-hybridized carbons (Fsp3) is 0.320. The number of nitrogens with zero attached hydrogens (tertiary/aromatic N) is 2. The lowest BCUT2D eigenvalue weighted by molar-refractivity contribution is -0.120. The molecule has 1 saturated heterocycles. The zero-order valence-electron chi connectivity index (χ0n) is 18.5. The first kappa shape index (κ1) is 23.3. The van der Waals surface area contributed by atoms with Crippen LogP contribution in [0.3, 0.4) is 0 Å². The minimum atomic E-state index is -0.629. The zero-order valence-corrected chi connectivity index (χ0v) is 20.0. The van der Waals surface area contributed by atoms with Gasteiger partial charge in [0.15, 0.2) is 0 Å². The number of hydrogen-bond acceptors (Lipinski definition) is 4. The summed E-state index contributed by atoms with van der Waals surface area (Å²) in [5, 5.41) is 3.18. The number of aryl methyl sites for hydroxylation is 1. The fourth-order valence-corrected chi connectivity index (χ4v) is 4.69. The van der Waals surface area contributed by atoms with Gasteiger partial charge in [0, 0.05) is 28.9 Å². The molecule has 3 amide bonds. The second-order valence-corrected chi connectivity index (χ2v) is 9.12. The van der Waals surface area contributed by atoms with Crippen LogP contribution in [0, 0.1) is 6.92 Å². The summed E-state index contributed by atoms with van der Waals surface area (Å²) in [5.41, 5.74) is 2.17. The van der Waals surface area contributed by atoms with Gasteiger partial charge in [-0.2, -0.15) is 0 Å². The number of benzene rings is 2. The van der Waals surface area contributed by atoms with Crippen molar-refractivity contribution in [2.45, 2.75) is 45.6 Å². The number of imide groups is 1. The molecular formula is C25H25Cl2N3O3. The topological polar surface area (TPSA) is 69.7 Å². The van der Waals surface area contributed by atoms with Gasteiger partial charge in [0.05, 0.1) is 5.69 Å². The summed E-state index contributed by atoms with van der Waals surface area (Å²) in [6.07, 6.45) is 4.06. The van der Waals surface area contributed by atoms with Crippen molar-refractivity contribution < 1.29 is 14.4 Å². The zero-order chi connectivity index (χ0) is 23.7. The second-order valence-electron chi connectivity index (χ2n) is 8.33. The van der Waals surface area contributed by atoms with Crippen LogP contribution in [0.2, 0.25) is 5.02 Å². The maximum Gasteiger partial charge on any atom is 0.283 e. The molecule has 0 saturated carbocycles. The molecular weight excluding hydrogens is 461 g/mol. The fourth-order valence-electron chi connectivity index (χ4n) is 4.30. The number of carbonyl (C=O) groups is 3. The van der Waals surface area contributed by atoms with Crippen molar-refractivity contribution in [3.05, 3.63) is 69.3 Å². The normalized spacial score (nSPS) is 18.8. The van der Waals surface area contributed by atoms with E-state index >= 15 is 0 Å². The van der Waals surface area contributed by atoms with Gasteiger partial charge in [-0.05, 0) is 68.5 Å². The second kappa shape index (κ2) is 9.57. The van der Waals surface area contributed by atoms with E-state index in [1.54, 1.807) is 42.5 Å². The Morgan fingerprint density at radius 1 is 1.09 bits per heavy atom. The van der Waals surface area contributed by atoms with Gasteiger partial charge in [0.1, 0.15) is 10.7 Å². The summed E-state index contributed by atoms with van der Waals surface area (Å²) in [4.78, 5) is 41.9. The van der Waals surface area contributed by atoms with Crippen LogP contribution in [0.15, 0.2) is 53.2 Å². The van der Waals surface area contributed by atoms with E-state index in [4.69, 9.17) is 23.2 Å². The van der Waals surface area contributed by atoms with Gasteiger partial charge in [-0.1, -0.05) is 42.3 Å². The quantitative estimate of drug-likeness (QED) is 0.568. The summed E-state index contributed by atoms with van der Waals surface area (Å²) in [7, 11) is 0. The molecule has 1 atom stereocenters. The molecule has 0 aromatic heterocycles. The summed E-state index contributed by atoms with van der Waals surface area (Å²) < 4.78 is 0. The largest absolute Gasteiger partial charge is 0.350 e. The van der Waals surface area contributed by atoms with Crippen molar-refractivity contribution in [1.82, 2.24) is 4.90 Å². The Morgan fingerprint density at radius 3 is 2.61 bits per heavy atom.